The van der Waals surface area contributed by atoms with Gasteiger partial charge in [0.2, 0.25) is 10.0 Å². The minimum absolute atomic E-state index is 0.126. The van der Waals surface area contributed by atoms with Gasteiger partial charge in [-0.25, -0.2) is 13.1 Å². The minimum Gasteiger partial charge on any atom is -0.389 e. The van der Waals surface area contributed by atoms with Crippen LogP contribution in [0.3, 0.4) is 0 Å². The summed E-state index contributed by atoms with van der Waals surface area (Å²) in [7, 11) is -2.04. The molecule has 0 radical (unpaired) electrons. The zero-order chi connectivity index (χ0) is 15.3. The van der Waals surface area contributed by atoms with Crippen LogP contribution in [-0.2, 0) is 14.8 Å². The summed E-state index contributed by atoms with van der Waals surface area (Å²) in [6.45, 7) is 4.19. The first-order valence-electron chi connectivity index (χ1n) is 6.19. The molecule has 7 heteroatoms. The molecule has 3 N–H and O–H groups in total. The van der Waals surface area contributed by atoms with Gasteiger partial charge in [-0.2, -0.15) is 0 Å². The van der Waals surface area contributed by atoms with Crippen molar-refractivity contribution < 1.29 is 13.2 Å². The molecule has 1 aromatic rings. The molecule has 1 rings (SSSR count). The van der Waals surface area contributed by atoms with E-state index in [0.29, 0.717) is 12.2 Å². The van der Waals surface area contributed by atoms with Crippen LogP contribution in [0.5, 0.6) is 0 Å². The summed E-state index contributed by atoms with van der Waals surface area (Å²) in [5, 5.41) is 0. The van der Waals surface area contributed by atoms with E-state index >= 15 is 0 Å². The van der Waals surface area contributed by atoms with Gasteiger partial charge >= 0.3 is 0 Å². The molecule has 20 heavy (non-hydrogen) atoms. The third-order valence-corrected chi connectivity index (χ3v) is 4.65. The molecule has 0 saturated heterocycles. The lowest BCUT2D eigenvalue weighted by atomic mass is 10.1. The predicted octanol–water partition coefficient (Wildman–Crippen LogP) is 1.27. The molecule has 0 spiro atoms. The fourth-order valence-corrected chi connectivity index (χ4v) is 3.11. The number of hydrogen-bond donors (Lipinski definition) is 2. The molecule has 0 aliphatic carbocycles. The van der Waals surface area contributed by atoms with Crippen LogP contribution >= 0.6 is 12.2 Å². The van der Waals surface area contributed by atoms with Crippen LogP contribution in [0.2, 0.25) is 0 Å². The molecule has 0 aliphatic rings. The van der Waals surface area contributed by atoms with Crippen LogP contribution in [-0.4, -0.2) is 33.2 Å². The fourth-order valence-electron chi connectivity index (χ4n) is 1.61. The molecule has 1 atom stereocenters. The number of hydrogen-bond acceptors (Lipinski definition) is 4. The third-order valence-electron chi connectivity index (χ3n) is 2.91. The lowest BCUT2D eigenvalue weighted by Crippen LogP contribution is -2.41. The van der Waals surface area contributed by atoms with Gasteiger partial charge in [-0.05, 0) is 18.1 Å². The van der Waals surface area contributed by atoms with Crippen molar-refractivity contribution in [3.05, 3.63) is 29.8 Å². The Morgan fingerprint density at radius 2 is 1.90 bits per heavy atom. The van der Waals surface area contributed by atoms with Gasteiger partial charge < -0.3 is 10.5 Å². The number of ether oxygens (including phenoxy) is 1. The molecule has 1 unspecified atom stereocenters. The van der Waals surface area contributed by atoms with E-state index in [9.17, 15) is 8.42 Å². The first kappa shape index (κ1) is 17.0. The van der Waals surface area contributed by atoms with Gasteiger partial charge in [0.05, 0.1) is 11.5 Å². The second-order valence-electron chi connectivity index (χ2n) is 4.82. The number of nitrogens with one attached hydrogen (secondary N) is 1. The summed E-state index contributed by atoms with van der Waals surface area (Å²) in [5.41, 5.74) is 6.12. The van der Waals surface area contributed by atoms with Crippen molar-refractivity contribution >= 4 is 27.2 Å². The summed E-state index contributed by atoms with van der Waals surface area (Å²) in [5.74, 6) is 0.126. The van der Waals surface area contributed by atoms with E-state index in [1.165, 1.54) is 12.1 Å². The van der Waals surface area contributed by atoms with Gasteiger partial charge in [0.15, 0.2) is 0 Å². The van der Waals surface area contributed by atoms with E-state index in [2.05, 4.69) is 4.72 Å². The number of sulfonamides is 1. The molecule has 0 aliphatic heterocycles. The third kappa shape index (κ3) is 4.52. The average molecular weight is 316 g/mol. The van der Waals surface area contributed by atoms with Crippen molar-refractivity contribution in [2.75, 3.05) is 13.7 Å². The molecule has 1 aromatic carbocycles. The van der Waals surface area contributed by atoms with Gasteiger partial charge in [-0.3, -0.25) is 0 Å². The Labute approximate surface area is 125 Å². The standard InChI is InChI=1S/C13H20N2O3S2/c1-9(2)12(8-18-3)15-20(16,17)11-6-4-10(5-7-11)13(14)19/h4-7,9,12,15H,8H2,1-3H3,(H2,14,19). The van der Waals surface area contributed by atoms with Crippen LogP contribution in [0.15, 0.2) is 29.2 Å². The lowest BCUT2D eigenvalue weighted by Gasteiger charge is -2.21. The Morgan fingerprint density at radius 1 is 1.35 bits per heavy atom. The second-order valence-corrected chi connectivity index (χ2v) is 6.97. The van der Waals surface area contributed by atoms with Gasteiger partial charge in [0.25, 0.3) is 0 Å². The Balaban J connectivity index is 2.95. The van der Waals surface area contributed by atoms with Gasteiger partial charge in [0, 0.05) is 18.7 Å². The average Bonchev–Trinajstić information content (AvgIpc) is 2.38. The number of rotatable bonds is 7. The number of benzene rings is 1. The molecule has 0 amide bonds. The smallest absolute Gasteiger partial charge is 0.240 e. The topological polar surface area (TPSA) is 81.4 Å². The Bertz CT molecular complexity index is 553. The van der Waals surface area contributed by atoms with Crippen LogP contribution in [0.25, 0.3) is 0 Å². The maximum Gasteiger partial charge on any atom is 0.240 e. The van der Waals surface area contributed by atoms with Crippen molar-refractivity contribution in [3.63, 3.8) is 0 Å². The highest BCUT2D eigenvalue weighted by molar-refractivity contribution is 7.89. The highest BCUT2D eigenvalue weighted by Gasteiger charge is 2.22. The maximum absolute atomic E-state index is 12.3. The monoisotopic (exact) mass is 316 g/mol. The van der Waals surface area contributed by atoms with Crippen LogP contribution in [0.4, 0.5) is 0 Å². The first-order valence-corrected chi connectivity index (χ1v) is 8.08. The summed E-state index contributed by atoms with van der Waals surface area (Å²) >= 11 is 4.83. The number of methoxy groups -OCH3 is 1. The zero-order valence-electron chi connectivity index (χ0n) is 11.8. The van der Waals surface area contributed by atoms with Crippen molar-refractivity contribution in [1.82, 2.24) is 4.72 Å². The Kier molecular flexibility index (Phi) is 6.07. The molecule has 0 saturated carbocycles. The van der Waals surface area contributed by atoms with Crippen molar-refractivity contribution in [3.8, 4) is 0 Å². The minimum atomic E-state index is -3.58. The summed E-state index contributed by atoms with van der Waals surface area (Å²) in [6.07, 6.45) is 0. The first-order chi connectivity index (χ1) is 9.27. The number of thiocarbonyl (C=S) groups is 1. The summed E-state index contributed by atoms with van der Waals surface area (Å²) < 4.78 is 32.2. The summed E-state index contributed by atoms with van der Waals surface area (Å²) in [6, 6.07) is 5.89. The predicted molar refractivity (Wildman–Crippen MR) is 83.2 cm³/mol. The van der Waals surface area contributed by atoms with E-state index in [0.717, 1.165) is 0 Å². The SMILES string of the molecule is COCC(NS(=O)(=O)c1ccc(C(N)=S)cc1)C(C)C. The van der Waals surface area contributed by atoms with Gasteiger partial charge in [-0.15, -0.1) is 0 Å². The summed E-state index contributed by atoms with van der Waals surface area (Å²) in [4.78, 5) is 0.417. The highest BCUT2D eigenvalue weighted by atomic mass is 32.2. The molecule has 112 valence electrons. The molecular weight excluding hydrogens is 296 g/mol. The molecular formula is C13H20N2O3S2. The van der Waals surface area contributed by atoms with E-state index in [1.807, 2.05) is 13.8 Å². The molecule has 0 bridgehead atoms. The van der Waals surface area contributed by atoms with E-state index in [1.54, 1.807) is 19.2 Å². The fraction of sp³-hybridized carbons (Fsp3) is 0.462. The van der Waals surface area contributed by atoms with Crippen LogP contribution in [0.1, 0.15) is 19.4 Å². The highest BCUT2D eigenvalue weighted by Crippen LogP contribution is 2.13. The quantitative estimate of drug-likeness (QED) is 0.740. The molecule has 0 aromatic heterocycles. The molecule has 0 heterocycles. The normalized spacial score (nSPS) is 13.4. The van der Waals surface area contributed by atoms with E-state index < -0.39 is 10.0 Å². The lowest BCUT2D eigenvalue weighted by molar-refractivity contribution is 0.157. The van der Waals surface area contributed by atoms with Crippen LogP contribution < -0.4 is 10.5 Å². The van der Waals surface area contributed by atoms with E-state index in [4.69, 9.17) is 22.7 Å². The van der Waals surface area contributed by atoms with Gasteiger partial charge in [-0.1, -0.05) is 38.2 Å². The van der Waals surface area contributed by atoms with E-state index in [-0.39, 0.29) is 21.8 Å². The maximum atomic E-state index is 12.3. The number of nitrogens with two attached hydrogens (primary N) is 1. The van der Waals surface area contributed by atoms with Crippen molar-refractivity contribution in [1.29, 1.82) is 0 Å². The van der Waals surface area contributed by atoms with Crippen molar-refractivity contribution in [2.24, 2.45) is 11.7 Å². The second kappa shape index (κ2) is 7.12. The largest absolute Gasteiger partial charge is 0.389 e. The van der Waals surface area contributed by atoms with Crippen LogP contribution in [0, 0.1) is 5.92 Å². The van der Waals surface area contributed by atoms with Gasteiger partial charge in [0.1, 0.15) is 4.99 Å². The molecule has 0 fully saturated rings. The molecule has 5 nitrogen and oxygen atoms in total. The van der Waals surface area contributed by atoms with Crippen molar-refractivity contribution in [2.45, 2.75) is 24.8 Å². The Morgan fingerprint density at radius 3 is 2.30 bits per heavy atom. The Hall–Kier alpha value is -1.02. The zero-order valence-corrected chi connectivity index (χ0v) is 13.4.